The molecule has 204 valence electrons. The summed E-state index contributed by atoms with van der Waals surface area (Å²) in [6.45, 7) is 0. The Morgan fingerprint density at radius 1 is 1.18 bits per heavy atom. The molecule has 14 heteroatoms. The first-order valence-electron chi connectivity index (χ1n) is 11.9. The lowest BCUT2D eigenvalue weighted by atomic mass is 10.0. The Labute approximate surface area is 222 Å². The van der Waals surface area contributed by atoms with Crippen LogP contribution in [-0.4, -0.2) is 46.9 Å². The Kier molecular flexibility index (Phi) is 5.64. The molecule has 2 aromatic heterocycles. The summed E-state index contributed by atoms with van der Waals surface area (Å²) >= 11 is 0. The molecule has 1 atom stereocenters. The molecule has 4 amide bonds. The Bertz CT molecular complexity index is 1720. The number of carbonyl (C=O) groups excluding carboxylic acids is 4. The van der Waals surface area contributed by atoms with Crippen molar-refractivity contribution in [1.29, 1.82) is 0 Å². The van der Waals surface area contributed by atoms with E-state index < -0.39 is 41.4 Å². The van der Waals surface area contributed by atoms with Crippen molar-refractivity contribution in [1.82, 2.24) is 15.5 Å². The van der Waals surface area contributed by atoms with Crippen LogP contribution in [0.1, 0.15) is 39.1 Å². The van der Waals surface area contributed by atoms with Crippen LogP contribution in [0.25, 0.3) is 22.4 Å². The van der Waals surface area contributed by atoms with E-state index in [1.807, 2.05) is 0 Å². The van der Waals surface area contributed by atoms with Gasteiger partial charge in [-0.15, -0.1) is 0 Å². The van der Waals surface area contributed by atoms with Crippen molar-refractivity contribution in [2.45, 2.75) is 25.1 Å². The van der Waals surface area contributed by atoms with E-state index in [1.54, 1.807) is 6.07 Å². The largest absolute Gasteiger partial charge is 0.497 e. The van der Waals surface area contributed by atoms with E-state index in [2.05, 4.69) is 20.8 Å². The molecule has 4 heterocycles. The topological polar surface area (TPSA) is 147 Å². The van der Waals surface area contributed by atoms with Gasteiger partial charge < -0.3 is 19.6 Å². The van der Waals surface area contributed by atoms with Gasteiger partial charge in [-0.25, -0.2) is 0 Å². The van der Waals surface area contributed by atoms with Crippen LogP contribution in [0.4, 0.5) is 24.5 Å². The number of amides is 4. The van der Waals surface area contributed by atoms with Gasteiger partial charge in [-0.2, -0.15) is 13.2 Å². The van der Waals surface area contributed by atoms with Crippen molar-refractivity contribution in [3.05, 3.63) is 59.3 Å². The van der Waals surface area contributed by atoms with E-state index in [4.69, 9.17) is 9.26 Å². The fourth-order valence-electron chi connectivity index (χ4n) is 4.96. The molecular formula is C26H18F3N5O6. The number of nitrogens with one attached hydrogen (secondary N) is 3. The Morgan fingerprint density at radius 3 is 2.60 bits per heavy atom. The van der Waals surface area contributed by atoms with Gasteiger partial charge in [0.25, 0.3) is 11.8 Å². The normalized spacial score (nSPS) is 16.9. The van der Waals surface area contributed by atoms with Gasteiger partial charge in [0.2, 0.25) is 11.8 Å². The van der Waals surface area contributed by atoms with Gasteiger partial charge in [0, 0.05) is 23.6 Å². The number of nitrogens with zero attached hydrogens (tertiary/aromatic N) is 2. The van der Waals surface area contributed by atoms with Gasteiger partial charge in [-0.3, -0.25) is 29.4 Å². The van der Waals surface area contributed by atoms with Crippen LogP contribution in [0.2, 0.25) is 0 Å². The highest BCUT2D eigenvalue weighted by atomic mass is 19.4. The second-order valence-electron chi connectivity index (χ2n) is 9.19. The van der Waals surface area contributed by atoms with E-state index in [0.29, 0.717) is 16.7 Å². The molecule has 0 spiro atoms. The number of halogens is 3. The molecule has 2 aliphatic heterocycles. The summed E-state index contributed by atoms with van der Waals surface area (Å²) in [6, 6.07) is 6.02. The molecule has 0 bridgehead atoms. The number of alkyl halides is 3. The predicted molar refractivity (Wildman–Crippen MR) is 133 cm³/mol. The van der Waals surface area contributed by atoms with Crippen molar-refractivity contribution in [2.75, 3.05) is 17.3 Å². The predicted octanol–water partition coefficient (Wildman–Crippen LogP) is 3.87. The average Bonchev–Trinajstić information content (AvgIpc) is 3.61. The fraction of sp³-hybridized carbons (Fsp3) is 0.192. The highest BCUT2D eigenvalue weighted by Gasteiger charge is 2.44. The summed E-state index contributed by atoms with van der Waals surface area (Å²) < 4.78 is 49.5. The number of hydrogen-bond acceptors (Lipinski definition) is 7. The second kappa shape index (κ2) is 8.97. The summed E-state index contributed by atoms with van der Waals surface area (Å²) in [5.41, 5.74) is 0.252. The molecule has 1 fully saturated rings. The highest BCUT2D eigenvalue weighted by Crippen LogP contribution is 2.48. The zero-order valence-corrected chi connectivity index (χ0v) is 20.5. The van der Waals surface area contributed by atoms with Gasteiger partial charge in [-0.1, -0.05) is 5.16 Å². The summed E-state index contributed by atoms with van der Waals surface area (Å²) in [5.74, 6) is -2.07. The van der Waals surface area contributed by atoms with E-state index >= 15 is 0 Å². The lowest BCUT2D eigenvalue weighted by molar-refractivity contribution is -0.137. The highest BCUT2D eigenvalue weighted by molar-refractivity contribution is 6.30. The first-order chi connectivity index (χ1) is 19.1. The van der Waals surface area contributed by atoms with Crippen LogP contribution in [0.3, 0.4) is 0 Å². The quantitative estimate of drug-likeness (QED) is 0.318. The van der Waals surface area contributed by atoms with Crippen LogP contribution >= 0.6 is 0 Å². The Hall–Kier alpha value is -5.14. The summed E-state index contributed by atoms with van der Waals surface area (Å²) in [6.07, 6.45) is -3.31. The fourth-order valence-corrected chi connectivity index (χ4v) is 4.96. The van der Waals surface area contributed by atoms with Gasteiger partial charge in [0.15, 0.2) is 5.76 Å². The number of imide groups is 1. The van der Waals surface area contributed by atoms with E-state index in [-0.39, 0.29) is 46.8 Å². The average molecular weight is 553 g/mol. The van der Waals surface area contributed by atoms with Crippen molar-refractivity contribution in [3.8, 4) is 17.2 Å². The smallest absolute Gasteiger partial charge is 0.416 e. The number of anilines is 2. The van der Waals surface area contributed by atoms with E-state index in [1.165, 1.54) is 18.1 Å². The van der Waals surface area contributed by atoms with Gasteiger partial charge in [0.05, 0.1) is 35.6 Å². The van der Waals surface area contributed by atoms with Crippen LogP contribution in [-0.2, 0) is 15.8 Å². The number of rotatable bonds is 5. The van der Waals surface area contributed by atoms with Gasteiger partial charge in [-0.05, 0) is 36.8 Å². The van der Waals surface area contributed by atoms with Crippen LogP contribution in [0.5, 0.6) is 5.75 Å². The van der Waals surface area contributed by atoms with Crippen LogP contribution < -0.4 is 20.3 Å². The molecule has 0 aliphatic carbocycles. The van der Waals surface area contributed by atoms with Crippen molar-refractivity contribution in [3.63, 3.8) is 0 Å². The third kappa shape index (κ3) is 3.95. The third-order valence-corrected chi connectivity index (χ3v) is 6.80. The minimum atomic E-state index is -4.53. The third-order valence-electron chi connectivity index (χ3n) is 6.80. The standard InChI is InChI=1S/C26H18F3N5O6/c1-39-13-8-14-19-16(9-13)32-20(21(19)34(25(14)38)17-6-7-18(35)33-24(17)37)22-15(10-30-40-22)23(36)31-12-4-2-11(3-5-12)26(27,28)29/h2-5,8-10,17,32H,6-7H2,1H3,(H,31,36)(H,33,35,37). The summed E-state index contributed by atoms with van der Waals surface area (Å²) in [4.78, 5) is 55.7. The SMILES string of the molecule is COc1cc2c3c(c(-c4oncc4C(=O)Nc4ccc(C(F)(F)F)cc4)[nH]c3c1)N(C1CCC(=O)NC1=O)C2=O. The number of H-pyrrole nitrogens is 1. The molecule has 1 unspecified atom stereocenters. The molecule has 11 nitrogen and oxygen atoms in total. The first-order valence-corrected chi connectivity index (χ1v) is 11.9. The summed E-state index contributed by atoms with van der Waals surface area (Å²) in [7, 11) is 1.43. The summed E-state index contributed by atoms with van der Waals surface area (Å²) in [5, 5.41) is 8.94. The minimum Gasteiger partial charge on any atom is -0.497 e. The molecule has 2 aromatic carbocycles. The first kappa shape index (κ1) is 25.2. The number of piperidine rings is 1. The van der Waals surface area contributed by atoms with Crippen molar-refractivity contribution < 1.29 is 41.6 Å². The van der Waals surface area contributed by atoms with Crippen molar-refractivity contribution in [2.24, 2.45) is 0 Å². The number of benzene rings is 2. The number of methoxy groups -OCH3 is 1. The maximum Gasteiger partial charge on any atom is 0.416 e. The van der Waals surface area contributed by atoms with Crippen LogP contribution in [0.15, 0.2) is 47.1 Å². The lowest BCUT2D eigenvalue weighted by Crippen LogP contribution is -2.53. The zero-order valence-electron chi connectivity index (χ0n) is 20.5. The zero-order chi connectivity index (χ0) is 28.3. The van der Waals surface area contributed by atoms with Crippen molar-refractivity contribution >= 4 is 45.9 Å². The number of aromatic nitrogens is 2. The lowest BCUT2D eigenvalue weighted by Gasteiger charge is -2.30. The Morgan fingerprint density at radius 2 is 1.93 bits per heavy atom. The number of hydrogen-bond donors (Lipinski definition) is 3. The molecule has 1 saturated heterocycles. The second-order valence-corrected chi connectivity index (χ2v) is 9.19. The maximum atomic E-state index is 13.6. The maximum absolute atomic E-state index is 13.6. The number of aromatic amines is 1. The molecule has 6 rings (SSSR count). The molecule has 0 saturated carbocycles. The minimum absolute atomic E-state index is 0.0197. The molecule has 3 N–H and O–H groups in total. The monoisotopic (exact) mass is 553 g/mol. The molecular weight excluding hydrogens is 535 g/mol. The van der Waals surface area contributed by atoms with E-state index in [9.17, 15) is 32.3 Å². The van der Waals surface area contributed by atoms with Crippen LogP contribution in [0, 0.1) is 0 Å². The molecule has 0 radical (unpaired) electrons. The van der Waals surface area contributed by atoms with Gasteiger partial charge >= 0.3 is 6.18 Å². The number of carbonyl (C=O) groups is 4. The Balaban J connectivity index is 1.42. The van der Waals surface area contributed by atoms with Gasteiger partial charge in [0.1, 0.15) is 23.0 Å². The number of ether oxygens (including phenoxy) is 1. The molecule has 40 heavy (non-hydrogen) atoms. The van der Waals surface area contributed by atoms with E-state index in [0.717, 1.165) is 30.5 Å². The molecule has 2 aliphatic rings. The molecule has 4 aromatic rings.